The first kappa shape index (κ1) is 10.7. The molecular formula is C10H15N5O2. The lowest BCUT2D eigenvalue weighted by atomic mass is 10.2. The molecule has 1 aromatic rings. The van der Waals surface area contributed by atoms with Gasteiger partial charge in [0, 0.05) is 26.2 Å². The molecule has 1 amide bonds. The van der Waals surface area contributed by atoms with Gasteiger partial charge in [0.25, 0.3) is 5.91 Å². The van der Waals surface area contributed by atoms with E-state index in [0.29, 0.717) is 38.0 Å². The Morgan fingerprint density at radius 3 is 2.82 bits per heavy atom. The van der Waals surface area contributed by atoms with Crippen LogP contribution in [0.2, 0.25) is 0 Å². The van der Waals surface area contributed by atoms with Crippen LogP contribution in [0.5, 0.6) is 0 Å². The quantitative estimate of drug-likeness (QED) is 0.706. The number of carbonyl (C=O) groups excluding carboxylic acids is 1. The molecule has 0 saturated carbocycles. The van der Waals surface area contributed by atoms with Crippen LogP contribution >= 0.6 is 0 Å². The first-order valence-electron chi connectivity index (χ1n) is 5.84. The maximum atomic E-state index is 12.1. The zero-order valence-corrected chi connectivity index (χ0v) is 9.50. The van der Waals surface area contributed by atoms with Crippen LogP contribution in [0, 0.1) is 0 Å². The Bertz CT molecular complexity index is 409. The highest BCUT2D eigenvalue weighted by atomic mass is 16.5. The van der Waals surface area contributed by atoms with Crippen LogP contribution in [-0.2, 0) is 4.74 Å². The predicted octanol–water partition coefficient (Wildman–Crippen LogP) is -1.11. The summed E-state index contributed by atoms with van der Waals surface area (Å²) in [5.74, 6) is -0.0492. The number of aromatic nitrogens is 3. The molecule has 2 saturated heterocycles. The summed E-state index contributed by atoms with van der Waals surface area (Å²) in [6.07, 6.45) is 1.74. The van der Waals surface area contributed by atoms with Gasteiger partial charge in [-0.3, -0.25) is 4.79 Å². The van der Waals surface area contributed by atoms with Gasteiger partial charge in [-0.05, 0) is 0 Å². The molecule has 2 aliphatic rings. The van der Waals surface area contributed by atoms with Gasteiger partial charge in [-0.15, -0.1) is 5.10 Å². The van der Waals surface area contributed by atoms with Crippen molar-refractivity contribution in [1.29, 1.82) is 0 Å². The van der Waals surface area contributed by atoms with Crippen molar-refractivity contribution in [3.05, 3.63) is 11.9 Å². The fourth-order valence-corrected chi connectivity index (χ4v) is 1.94. The number of rotatable bonds is 2. The van der Waals surface area contributed by atoms with Gasteiger partial charge < -0.3 is 15.0 Å². The van der Waals surface area contributed by atoms with Gasteiger partial charge in [0.2, 0.25) is 0 Å². The summed E-state index contributed by atoms with van der Waals surface area (Å²) in [4.78, 5) is 13.8. The van der Waals surface area contributed by atoms with E-state index in [1.54, 1.807) is 15.8 Å². The van der Waals surface area contributed by atoms with Crippen molar-refractivity contribution in [3.8, 4) is 0 Å². The molecule has 0 atom stereocenters. The fourth-order valence-electron chi connectivity index (χ4n) is 1.94. The largest absolute Gasteiger partial charge is 0.378 e. The van der Waals surface area contributed by atoms with E-state index in [0.717, 1.165) is 13.1 Å². The predicted molar refractivity (Wildman–Crippen MR) is 58.7 cm³/mol. The number of ether oxygens (including phenoxy) is 1. The second kappa shape index (κ2) is 4.42. The molecule has 3 heterocycles. The molecule has 1 N–H and O–H groups in total. The number of carbonyl (C=O) groups is 1. The van der Waals surface area contributed by atoms with Crippen molar-refractivity contribution in [2.24, 2.45) is 0 Å². The summed E-state index contributed by atoms with van der Waals surface area (Å²) in [6.45, 7) is 4.27. The third-order valence-corrected chi connectivity index (χ3v) is 3.16. The SMILES string of the molecule is O=C(c1cn(C2CNC2)nn1)N1CCOCC1. The average Bonchev–Trinajstić information content (AvgIpc) is 2.76. The summed E-state index contributed by atoms with van der Waals surface area (Å²) < 4.78 is 6.98. The summed E-state index contributed by atoms with van der Waals surface area (Å²) in [6, 6.07) is 0.341. The summed E-state index contributed by atoms with van der Waals surface area (Å²) in [5.41, 5.74) is 0.429. The lowest BCUT2D eigenvalue weighted by Gasteiger charge is -2.27. The summed E-state index contributed by atoms with van der Waals surface area (Å²) in [5, 5.41) is 11.1. The van der Waals surface area contributed by atoms with E-state index >= 15 is 0 Å². The second-order valence-corrected chi connectivity index (χ2v) is 4.30. The van der Waals surface area contributed by atoms with Crippen molar-refractivity contribution >= 4 is 5.91 Å². The Balaban J connectivity index is 1.69. The molecule has 3 rings (SSSR count). The highest BCUT2D eigenvalue weighted by molar-refractivity contribution is 5.92. The van der Waals surface area contributed by atoms with Gasteiger partial charge in [0.05, 0.1) is 25.5 Å². The van der Waals surface area contributed by atoms with Crippen LogP contribution < -0.4 is 5.32 Å². The Morgan fingerprint density at radius 1 is 1.41 bits per heavy atom. The van der Waals surface area contributed by atoms with Crippen molar-refractivity contribution in [2.45, 2.75) is 6.04 Å². The van der Waals surface area contributed by atoms with Crippen LogP contribution in [0.15, 0.2) is 6.20 Å². The number of morpholine rings is 1. The van der Waals surface area contributed by atoms with E-state index in [-0.39, 0.29) is 5.91 Å². The number of hydrogen-bond acceptors (Lipinski definition) is 5. The monoisotopic (exact) mass is 237 g/mol. The van der Waals surface area contributed by atoms with E-state index in [1.165, 1.54) is 0 Å². The zero-order chi connectivity index (χ0) is 11.7. The van der Waals surface area contributed by atoms with E-state index in [9.17, 15) is 4.79 Å². The smallest absolute Gasteiger partial charge is 0.276 e. The van der Waals surface area contributed by atoms with Crippen LogP contribution in [0.4, 0.5) is 0 Å². The molecule has 2 aliphatic heterocycles. The molecule has 0 bridgehead atoms. The van der Waals surface area contributed by atoms with Crippen molar-refractivity contribution in [3.63, 3.8) is 0 Å². The average molecular weight is 237 g/mol. The molecule has 92 valence electrons. The standard InChI is InChI=1S/C10H15N5O2/c16-10(14-1-3-17-4-2-14)9-7-15(13-12-9)8-5-11-6-8/h7-8,11H,1-6H2. The Labute approximate surface area is 98.7 Å². The maximum absolute atomic E-state index is 12.1. The van der Waals surface area contributed by atoms with E-state index in [2.05, 4.69) is 15.6 Å². The lowest BCUT2D eigenvalue weighted by molar-refractivity contribution is 0.0299. The highest BCUT2D eigenvalue weighted by Gasteiger charge is 2.24. The van der Waals surface area contributed by atoms with E-state index in [1.807, 2.05) is 0 Å². The molecule has 2 fully saturated rings. The molecule has 0 aromatic carbocycles. The molecule has 0 radical (unpaired) electrons. The van der Waals surface area contributed by atoms with Crippen LogP contribution in [-0.4, -0.2) is 65.2 Å². The Hall–Kier alpha value is -1.47. The minimum absolute atomic E-state index is 0.0492. The van der Waals surface area contributed by atoms with Crippen molar-refractivity contribution < 1.29 is 9.53 Å². The third kappa shape index (κ3) is 2.03. The molecule has 7 nitrogen and oxygen atoms in total. The Kier molecular flexibility index (Phi) is 2.77. The summed E-state index contributed by atoms with van der Waals surface area (Å²) >= 11 is 0. The fraction of sp³-hybridized carbons (Fsp3) is 0.700. The van der Waals surface area contributed by atoms with Gasteiger partial charge in [0.1, 0.15) is 0 Å². The molecule has 0 aliphatic carbocycles. The number of nitrogens with one attached hydrogen (secondary N) is 1. The first-order valence-corrected chi connectivity index (χ1v) is 5.84. The van der Waals surface area contributed by atoms with Crippen LogP contribution in [0.25, 0.3) is 0 Å². The lowest BCUT2D eigenvalue weighted by Crippen LogP contribution is -2.43. The van der Waals surface area contributed by atoms with Gasteiger partial charge in [-0.2, -0.15) is 0 Å². The minimum atomic E-state index is -0.0492. The first-order chi connectivity index (χ1) is 8.34. The van der Waals surface area contributed by atoms with E-state index < -0.39 is 0 Å². The molecule has 0 spiro atoms. The molecule has 0 unspecified atom stereocenters. The van der Waals surface area contributed by atoms with Crippen molar-refractivity contribution in [2.75, 3.05) is 39.4 Å². The summed E-state index contributed by atoms with van der Waals surface area (Å²) in [7, 11) is 0. The molecule has 17 heavy (non-hydrogen) atoms. The van der Waals surface area contributed by atoms with Gasteiger partial charge in [-0.1, -0.05) is 5.21 Å². The second-order valence-electron chi connectivity index (χ2n) is 4.30. The Morgan fingerprint density at radius 2 is 2.18 bits per heavy atom. The zero-order valence-electron chi connectivity index (χ0n) is 9.50. The topological polar surface area (TPSA) is 72.3 Å². The number of hydrogen-bond donors (Lipinski definition) is 1. The van der Waals surface area contributed by atoms with Crippen LogP contribution in [0.3, 0.4) is 0 Å². The number of nitrogens with zero attached hydrogens (tertiary/aromatic N) is 4. The molecule has 7 heteroatoms. The van der Waals surface area contributed by atoms with Gasteiger partial charge in [0.15, 0.2) is 5.69 Å². The van der Waals surface area contributed by atoms with Gasteiger partial charge in [-0.25, -0.2) is 4.68 Å². The minimum Gasteiger partial charge on any atom is -0.378 e. The molecular weight excluding hydrogens is 222 g/mol. The van der Waals surface area contributed by atoms with Gasteiger partial charge >= 0.3 is 0 Å². The molecule has 1 aromatic heterocycles. The van der Waals surface area contributed by atoms with Crippen molar-refractivity contribution in [1.82, 2.24) is 25.2 Å². The number of amides is 1. The third-order valence-electron chi connectivity index (χ3n) is 3.16. The van der Waals surface area contributed by atoms with Crippen LogP contribution in [0.1, 0.15) is 16.5 Å². The normalized spacial score (nSPS) is 21.3. The maximum Gasteiger partial charge on any atom is 0.276 e. The van der Waals surface area contributed by atoms with E-state index in [4.69, 9.17) is 4.74 Å². The highest BCUT2D eigenvalue weighted by Crippen LogP contribution is 2.11.